The summed E-state index contributed by atoms with van der Waals surface area (Å²) in [4.78, 5) is 32.4. The maximum absolute atomic E-state index is 13.6. The molecule has 1 aliphatic carbocycles. The van der Waals surface area contributed by atoms with Crippen LogP contribution in [0.1, 0.15) is 77.0 Å². The van der Waals surface area contributed by atoms with Crippen LogP contribution in [0, 0.1) is 0 Å². The van der Waals surface area contributed by atoms with Crippen molar-refractivity contribution >= 4 is 17.7 Å². The van der Waals surface area contributed by atoms with Crippen LogP contribution in [-0.4, -0.2) is 29.6 Å². The zero-order valence-electron chi connectivity index (χ0n) is 19.6. The molecule has 1 atom stereocenters. The number of amides is 2. The molecule has 1 heterocycles. The zero-order valence-corrected chi connectivity index (χ0v) is 19.6. The SMILES string of the molecule is CCOC(=O)N(c1ccc(C(C)(C)C)cc1)C(C(=O)NC1CCCCC1)c1cccnc1. The average Bonchev–Trinajstić information content (AvgIpc) is 2.78. The third-order valence-corrected chi connectivity index (χ3v) is 5.93. The molecule has 0 aliphatic heterocycles. The quantitative estimate of drug-likeness (QED) is 0.645. The Morgan fingerprint density at radius 3 is 2.38 bits per heavy atom. The fourth-order valence-corrected chi connectivity index (χ4v) is 4.16. The lowest BCUT2D eigenvalue weighted by molar-refractivity contribution is -0.123. The molecule has 6 nitrogen and oxygen atoms in total. The fraction of sp³-hybridized carbons (Fsp3) is 0.500. The Labute approximate surface area is 191 Å². The first-order valence-corrected chi connectivity index (χ1v) is 11.6. The van der Waals surface area contributed by atoms with E-state index in [-0.39, 0.29) is 24.0 Å². The number of rotatable bonds is 6. The van der Waals surface area contributed by atoms with Crippen LogP contribution in [0.4, 0.5) is 10.5 Å². The van der Waals surface area contributed by atoms with Crippen LogP contribution in [0.2, 0.25) is 0 Å². The Hall–Kier alpha value is -2.89. The molecule has 32 heavy (non-hydrogen) atoms. The molecule has 1 saturated carbocycles. The predicted molar refractivity (Wildman–Crippen MR) is 127 cm³/mol. The average molecular weight is 438 g/mol. The number of aromatic nitrogens is 1. The van der Waals surface area contributed by atoms with Crippen LogP contribution >= 0.6 is 0 Å². The van der Waals surface area contributed by atoms with E-state index >= 15 is 0 Å². The highest BCUT2D eigenvalue weighted by Gasteiger charge is 2.35. The number of hydrogen-bond donors (Lipinski definition) is 1. The second-order valence-corrected chi connectivity index (χ2v) is 9.40. The number of carbonyl (C=O) groups excluding carboxylic acids is 2. The summed E-state index contributed by atoms with van der Waals surface area (Å²) in [6, 6.07) is 10.6. The molecule has 0 radical (unpaired) electrons. The predicted octanol–water partition coefficient (Wildman–Crippen LogP) is 5.53. The van der Waals surface area contributed by atoms with Crippen molar-refractivity contribution in [3.05, 3.63) is 59.9 Å². The number of carbonyl (C=O) groups is 2. The maximum Gasteiger partial charge on any atom is 0.415 e. The Bertz CT molecular complexity index is 885. The number of anilines is 1. The lowest BCUT2D eigenvalue weighted by Gasteiger charge is -2.33. The number of nitrogens with zero attached hydrogens (tertiary/aromatic N) is 2. The molecule has 1 aromatic heterocycles. The van der Waals surface area contributed by atoms with Gasteiger partial charge in [0.15, 0.2) is 0 Å². The Kier molecular flexibility index (Phi) is 7.89. The van der Waals surface area contributed by atoms with E-state index in [0.717, 1.165) is 31.2 Å². The summed E-state index contributed by atoms with van der Waals surface area (Å²) in [6.07, 6.45) is 8.09. The lowest BCUT2D eigenvalue weighted by atomic mass is 9.87. The number of benzene rings is 1. The topological polar surface area (TPSA) is 71.5 Å². The highest BCUT2D eigenvalue weighted by molar-refractivity contribution is 5.98. The van der Waals surface area contributed by atoms with Crippen LogP contribution in [0.5, 0.6) is 0 Å². The molecule has 1 aliphatic rings. The Morgan fingerprint density at radius 1 is 1.12 bits per heavy atom. The minimum absolute atomic E-state index is 0.0194. The molecule has 3 rings (SSSR count). The van der Waals surface area contributed by atoms with Crippen LogP contribution in [0.25, 0.3) is 0 Å². The zero-order chi connectivity index (χ0) is 23.1. The largest absolute Gasteiger partial charge is 0.449 e. The smallest absolute Gasteiger partial charge is 0.415 e. The van der Waals surface area contributed by atoms with E-state index in [4.69, 9.17) is 4.74 Å². The van der Waals surface area contributed by atoms with E-state index in [0.29, 0.717) is 11.3 Å². The van der Waals surface area contributed by atoms with Crippen LogP contribution in [0.15, 0.2) is 48.8 Å². The summed E-state index contributed by atoms with van der Waals surface area (Å²) in [5, 5.41) is 3.18. The van der Waals surface area contributed by atoms with E-state index in [2.05, 4.69) is 31.1 Å². The van der Waals surface area contributed by atoms with E-state index < -0.39 is 12.1 Å². The number of nitrogens with one attached hydrogen (secondary N) is 1. The van der Waals surface area contributed by atoms with Crippen molar-refractivity contribution in [2.24, 2.45) is 0 Å². The summed E-state index contributed by atoms with van der Waals surface area (Å²) in [5.74, 6) is -0.210. The Morgan fingerprint density at radius 2 is 1.81 bits per heavy atom. The van der Waals surface area contributed by atoms with Gasteiger partial charge in [0.25, 0.3) is 0 Å². The second kappa shape index (κ2) is 10.6. The third kappa shape index (κ3) is 5.87. The summed E-state index contributed by atoms with van der Waals surface area (Å²) in [7, 11) is 0. The van der Waals surface area contributed by atoms with E-state index in [9.17, 15) is 9.59 Å². The first kappa shape index (κ1) is 23.8. The molecule has 2 aromatic rings. The van der Waals surface area contributed by atoms with Crippen LogP contribution < -0.4 is 10.2 Å². The van der Waals surface area contributed by atoms with Crippen molar-refractivity contribution in [3.8, 4) is 0 Å². The maximum atomic E-state index is 13.6. The molecule has 1 N–H and O–H groups in total. The van der Waals surface area contributed by atoms with E-state index in [1.54, 1.807) is 25.4 Å². The van der Waals surface area contributed by atoms with E-state index in [1.165, 1.54) is 11.3 Å². The standard InChI is InChI=1S/C26H35N3O3/c1-5-32-25(31)29(22-15-13-20(14-16-22)26(2,3)4)23(19-10-9-17-27-18-19)24(30)28-21-11-7-6-8-12-21/h9-10,13-18,21,23H,5-8,11-12H2,1-4H3,(H,28,30). The first-order chi connectivity index (χ1) is 15.3. The number of ether oxygens (including phenoxy) is 1. The van der Waals surface area contributed by atoms with Gasteiger partial charge in [0.1, 0.15) is 6.04 Å². The fourth-order valence-electron chi connectivity index (χ4n) is 4.16. The third-order valence-electron chi connectivity index (χ3n) is 5.93. The molecule has 0 bridgehead atoms. The highest BCUT2D eigenvalue weighted by atomic mass is 16.6. The summed E-state index contributed by atoms with van der Waals surface area (Å²) >= 11 is 0. The molecule has 6 heteroatoms. The number of pyridine rings is 1. The van der Waals surface area contributed by atoms with Gasteiger partial charge in [-0.05, 0) is 48.9 Å². The summed E-state index contributed by atoms with van der Waals surface area (Å²) in [5.41, 5.74) is 2.39. The van der Waals surface area contributed by atoms with Gasteiger partial charge in [-0.1, -0.05) is 58.2 Å². The van der Waals surface area contributed by atoms with Gasteiger partial charge in [-0.2, -0.15) is 0 Å². The van der Waals surface area contributed by atoms with Crippen LogP contribution in [-0.2, 0) is 14.9 Å². The molecule has 0 saturated heterocycles. The summed E-state index contributed by atoms with van der Waals surface area (Å²) < 4.78 is 5.39. The van der Waals surface area contributed by atoms with Crippen molar-refractivity contribution in [2.45, 2.75) is 77.3 Å². The van der Waals surface area contributed by atoms with Crippen molar-refractivity contribution in [1.29, 1.82) is 0 Å². The molecule has 2 amide bonds. The van der Waals surface area contributed by atoms with Crippen molar-refractivity contribution in [1.82, 2.24) is 10.3 Å². The molecular weight excluding hydrogens is 402 g/mol. The minimum atomic E-state index is -0.870. The first-order valence-electron chi connectivity index (χ1n) is 11.6. The molecule has 172 valence electrons. The summed E-state index contributed by atoms with van der Waals surface area (Å²) in [6.45, 7) is 8.41. The molecule has 0 spiro atoms. The van der Waals surface area contributed by atoms with Gasteiger partial charge in [0, 0.05) is 29.7 Å². The molecule has 1 unspecified atom stereocenters. The monoisotopic (exact) mass is 437 g/mol. The van der Waals surface area contributed by atoms with Gasteiger partial charge < -0.3 is 10.1 Å². The highest BCUT2D eigenvalue weighted by Crippen LogP contribution is 2.31. The van der Waals surface area contributed by atoms with E-state index in [1.807, 2.05) is 30.3 Å². The second-order valence-electron chi connectivity index (χ2n) is 9.40. The van der Waals surface area contributed by atoms with Crippen molar-refractivity contribution < 1.29 is 14.3 Å². The molecule has 1 aromatic carbocycles. The van der Waals surface area contributed by atoms with Crippen molar-refractivity contribution in [2.75, 3.05) is 11.5 Å². The van der Waals surface area contributed by atoms with Gasteiger partial charge >= 0.3 is 6.09 Å². The van der Waals surface area contributed by atoms with Gasteiger partial charge in [-0.3, -0.25) is 14.7 Å². The Balaban J connectivity index is 2.01. The van der Waals surface area contributed by atoms with Crippen LogP contribution in [0.3, 0.4) is 0 Å². The van der Waals surface area contributed by atoms with Gasteiger partial charge in [0.2, 0.25) is 5.91 Å². The molecule has 1 fully saturated rings. The van der Waals surface area contributed by atoms with Gasteiger partial charge in [0.05, 0.1) is 6.61 Å². The van der Waals surface area contributed by atoms with Crippen molar-refractivity contribution in [3.63, 3.8) is 0 Å². The molecular formula is C26H35N3O3. The minimum Gasteiger partial charge on any atom is -0.449 e. The lowest BCUT2D eigenvalue weighted by Crippen LogP contribution is -2.47. The normalized spacial score (nSPS) is 15.6. The van der Waals surface area contributed by atoms with Gasteiger partial charge in [-0.25, -0.2) is 4.79 Å². The van der Waals surface area contributed by atoms with Gasteiger partial charge in [-0.15, -0.1) is 0 Å². The number of hydrogen-bond acceptors (Lipinski definition) is 4.